The number of phenolic OH excluding ortho intramolecular Hbond substituents is 1. The van der Waals surface area contributed by atoms with Crippen molar-refractivity contribution in [3.8, 4) is 5.75 Å². The van der Waals surface area contributed by atoms with Crippen LogP contribution in [0.4, 0.5) is 5.69 Å². The molecule has 1 aromatic heterocycles. The number of phenols is 1. The molecule has 2 N–H and O–H groups in total. The number of aromatic nitrogens is 1. The van der Waals surface area contributed by atoms with Gasteiger partial charge in [-0.2, -0.15) is 0 Å². The molecular weight excluding hydrogens is 531 g/mol. The lowest BCUT2D eigenvalue weighted by Gasteiger charge is -2.43. The molecule has 2 fully saturated rings. The molecule has 0 radical (unpaired) electrons. The first kappa shape index (κ1) is 28.1. The number of aromatic hydroxyl groups is 1. The van der Waals surface area contributed by atoms with E-state index in [9.17, 15) is 19.7 Å². The number of fused-ring (bicyclic) bond motifs is 3. The Morgan fingerprint density at radius 3 is 2.52 bits per heavy atom. The molecule has 8 nitrogen and oxygen atoms in total. The van der Waals surface area contributed by atoms with Crippen LogP contribution in [0, 0.1) is 17.8 Å². The Hall–Kier alpha value is -4.05. The summed E-state index contributed by atoms with van der Waals surface area (Å²) in [5.74, 6) is -1.60. The Morgan fingerprint density at radius 1 is 1.05 bits per heavy atom. The van der Waals surface area contributed by atoms with Crippen LogP contribution in [-0.2, 0) is 19.0 Å². The van der Waals surface area contributed by atoms with Crippen molar-refractivity contribution in [2.24, 2.45) is 17.8 Å². The van der Waals surface area contributed by atoms with E-state index < -0.39 is 25.1 Å². The fourth-order valence-electron chi connectivity index (χ4n) is 6.79. The predicted octanol–water partition coefficient (Wildman–Crippen LogP) is 4.76. The van der Waals surface area contributed by atoms with Crippen LogP contribution in [0.25, 0.3) is 11.6 Å². The second-order valence-corrected chi connectivity index (χ2v) is 11.1. The molecule has 2 amide bonds. The van der Waals surface area contributed by atoms with Crippen molar-refractivity contribution in [2.45, 2.75) is 31.7 Å². The summed E-state index contributed by atoms with van der Waals surface area (Å²) in [6.07, 6.45) is 5.13. The maximum atomic E-state index is 13.9. The van der Waals surface area contributed by atoms with Gasteiger partial charge in [0.2, 0.25) is 11.8 Å². The number of carbonyl (C=O) groups excluding carboxylic acids is 2. The van der Waals surface area contributed by atoms with E-state index in [1.165, 1.54) is 4.90 Å². The molecule has 0 spiro atoms. The number of hydrogen-bond acceptors (Lipinski definition) is 7. The van der Waals surface area contributed by atoms with Crippen LogP contribution in [0.3, 0.4) is 0 Å². The summed E-state index contributed by atoms with van der Waals surface area (Å²) in [5.41, 5.74) is 5.24. The summed E-state index contributed by atoms with van der Waals surface area (Å²) >= 11 is 0. The van der Waals surface area contributed by atoms with E-state index in [4.69, 9.17) is 9.39 Å². The van der Waals surface area contributed by atoms with Crippen molar-refractivity contribution < 1.29 is 29.1 Å². The van der Waals surface area contributed by atoms with E-state index in [1.807, 2.05) is 54.6 Å². The summed E-state index contributed by atoms with van der Waals surface area (Å²) in [7, 11) is 0.569. The van der Waals surface area contributed by atoms with Crippen LogP contribution in [0.5, 0.6) is 5.75 Å². The molecular formula is C33H33BN2O6. The van der Waals surface area contributed by atoms with Gasteiger partial charge < -0.3 is 19.5 Å². The second-order valence-electron chi connectivity index (χ2n) is 11.1. The molecule has 6 rings (SSSR count). The van der Waals surface area contributed by atoms with Crippen molar-refractivity contribution >= 4 is 36.3 Å². The van der Waals surface area contributed by atoms with Gasteiger partial charge in [-0.05, 0) is 96.3 Å². The zero-order valence-corrected chi connectivity index (χ0v) is 23.4. The minimum Gasteiger partial charge on any atom is -0.508 e. The first-order chi connectivity index (χ1) is 20.4. The first-order valence-electron chi connectivity index (χ1n) is 14.3. The third-order valence-corrected chi connectivity index (χ3v) is 8.54. The lowest BCUT2D eigenvalue weighted by atomic mass is 9.58. The van der Waals surface area contributed by atoms with Gasteiger partial charge in [0.15, 0.2) is 0 Å². The van der Waals surface area contributed by atoms with Crippen LogP contribution < -0.4 is 4.90 Å². The van der Waals surface area contributed by atoms with Crippen molar-refractivity contribution in [1.29, 1.82) is 0 Å². The maximum absolute atomic E-state index is 13.9. The molecule has 3 aliphatic rings. The van der Waals surface area contributed by atoms with E-state index in [1.54, 1.807) is 37.6 Å². The standard InChI is InChI=1S/C33H33BN2O6/c1-41-20-23-18-26-31(33(39)36(32(26)38)24-7-3-2-4-8-24)27-19-34(40)42-29(30(23)27)15-12-22(28-9-5-6-16-35-28)17-21-10-13-25(37)14-11-21/h2-11,13-14,16-17,26-27,29,31,37,40H,12,15,18-20H2,1H3/b22-17-/t26-,27+,29-,31-/m1/s1. The maximum Gasteiger partial charge on any atom is 0.455 e. The molecule has 0 bridgehead atoms. The number of amides is 2. The molecule has 1 aliphatic carbocycles. The number of ether oxygens (including phenoxy) is 1. The minimum atomic E-state index is -1.06. The molecule has 2 saturated heterocycles. The van der Waals surface area contributed by atoms with Crippen molar-refractivity contribution in [2.75, 3.05) is 18.6 Å². The lowest BCUT2D eigenvalue weighted by molar-refractivity contribution is -0.122. The number of rotatable bonds is 8. The summed E-state index contributed by atoms with van der Waals surface area (Å²) in [5, 5.41) is 20.6. The van der Waals surface area contributed by atoms with Gasteiger partial charge in [0.1, 0.15) is 5.75 Å². The third kappa shape index (κ3) is 5.43. The lowest BCUT2D eigenvalue weighted by Crippen LogP contribution is -2.46. The van der Waals surface area contributed by atoms with E-state index >= 15 is 0 Å². The number of benzene rings is 2. The molecule has 3 heterocycles. The monoisotopic (exact) mass is 564 g/mol. The van der Waals surface area contributed by atoms with E-state index in [0.29, 0.717) is 31.6 Å². The van der Waals surface area contributed by atoms with Gasteiger partial charge in [-0.25, -0.2) is 0 Å². The predicted molar refractivity (Wildman–Crippen MR) is 160 cm³/mol. The number of hydrogen-bond donors (Lipinski definition) is 2. The van der Waals surface area contributed by atoms with Gasteiger partial charge in [-0.3, -0.25) is 19.5 Å². The van der Waals surface area contributed by atoms with Gasteiger partial charge >= 0.3 is 7.12 Å². The molecule has 3 aromatic rings. The molecule has 42 heavy (non-hydrogen) atoms. The van der Waals surface area contributed by atoms with Crippen LogP contribution in [0.15, 0.2) is 90.1 Å². The molecule has 2 aliphatic heterocycles. The molecule has 4 atom stereocenters. The normalized spacial score (nSPS) is 24.2. The number of nitrogens with zero attached hydrogens (tertiary/aromatic N) is 2. The highest BCUT2D eigenvalue weighted by Gasteiger charge is 2.57. The highest BCUT2D eigenvalue weighted by molar-refractivity contribution is 6.43. The summed E-state index contributed by atoms with van der Waals surface area (Å²) in [4.78, 5) is 33.4. The second kappa shape index (κ2) is 12.1. The molecule has 0 saturated carbocycles. The minimum absolute atomic E-state index is 0.196. The third-order valence-electron chi connectivity index (χ3n) is 8.54. The van der Waals surface area contributed by atoms with Crippen molar-refractivity contribution in [3.05, 3.63) is 101 Å². The Balaban J connectivity index is 1.32. The van der Waals surface area contributed by atoms with Crippen LogP contribution in [-0.4, -0.2) is 53.9 Å². The zero-order valence-electron chi connectivity index (χ0n) is 23.4. The SMILES string of the molecule is COCC1=C2[C@@H](CC/C(=C/c3ccc(O)cc3)c3ccccn3)OB(O)C[C@@H]2[C@@H]2C(=O)N(c3ccccc3)C(=O)[C@@H]2C1. The zero-order chi connectivity index (χ0) is 29.2. The van der Waals surface area contributed by atoms with Crippen LogP contribution >= 0.6 is 0 Å². The topological polar surface area (TPSA) is 109 Å². The van der Waals surface area contributed by atoms with E-state index in [0.717, 1.165) is 28.0 Å². The van der Waals surface area contributed by atoms with Gasteiger partial charge in [-0.1, -0.05) is 36.4 Å². The fraction of sp³-hybridized carbons (Fsp3) is 0.303. The highest BCUT2D eigenvalue weighted by Crippen LogP contribution is 2.51. The Labute approximate surface area is 245 Å². The van der Waals surface area contributed by atoms with Gasteiger partial charge in [-0.15, -0.1) is 0 Å². The number of anilines is 1. The van der Waals surface area contributed by atoms with Gasteiger partial charge in [0, 0.05) is 13.3 Å². The summed E-state index contributed by atoms with van der Waals surface area (Å²) < 4.78 is 11.7. The molecule has 9 heteroatoms. The Kier molecular flexibility index (Phi) is 8.06. The number of allylic oxidation sites excluding steroid dienone is 1. The Bertz CT molecular complexity index is 1510. The number of pyridine rings is 1. The Morgan fingerprint density at radius 2 is 1.81 bits per heavy atom. The molecule has 2 aromatic carbocycles. The highest BCUT2D eigenvalue weighted by atomic mass is 16.5. The fourth-order valence-corrected chi connectivity index (χ4v) is 6.79. The number of carbonyl (C=O) groups is 2. The van der Waals surface area contributed by atoms with Gasteiger partial charge in [0.25, 0.3) is 0 Å². The van der Waals surface area contributed by atoms with Crippen LogP contribution in [0.1, 0.15) is 30.5 Å². The number of para-hydroxylation sites is 1. The van der Waals surface area contributed by atoms with Gasteiger partial charge in [0.05, 0.1) is 35.9 Å². The van der Waals surface area contributed by atoms with Crippen LogP contribution in [0.2, 0.25) is 6.32 Å². The number of methoxy groups -OCH3 is 1. The van der Waals surface area contributed by atoms with E-state index in [-0.39, 0.29) is 29.8 Å². The largest absolute Gasteiger partial charge is 0.508 e. The average molecular weight is 564 g/mol. The smallest absolute Gasteiger partial charge is 0.455 e. The van der Waals surface area contributed by atoms with Crippen molar-refractivity contribution in [3.63, 3.8) is 0 Å². The number of imide groups is 1. The first-order valence-corrected chi connectivity index (χ1v) is 14.3. The summed E-state index contributed by atoms with van der Waals surface area (Å²) in [6.45, 7) is 0.328. The summed E-state index contributed by atoms with van der Waals surface area (Å²) in [6, 6.07) is 21.8. The average Bonchev–Trinajstić information content (AvgIpc) is 3.26. The van der Waals surface area contributed by atoms with E-state index in [2.05, 4.69) is 4.98 Å². The molecule has 214 valence electrons. The quantitative estimate of drug-likeness (QED) is 0.231. The van der Waals surface area contributed by atoms with Crippen molar-refractivity contribution in [1.82, 2.24) is 4.98 Å². The molecule has 0 unspecified atom stereocenters.